The Morgan fingerprint density at radius 1 is 1.13 bits per heavy atom. The number of carbonyl (C=O) groups is 1. The van der Waals surface area contributed by atoms with Gasteiger partial charge in [0.25, 0.3) is 0 Å². The van der Waals surface area contributed by atoms with Crippen molar-refractivity contribution in [1.29, 1.82) is 0 Å². The summed E-state index contributed by atoms with van der Waals surface area (Å²) < 4.78 is 0. The van der Waals surface area contributed by atoms with Crippen LogP contribution in [0.3, 0.4) is 0 Å². The van der Waals surface area contributed by atoms with Crippen LogP contribution in [0.2, 0.25) is 10.0 Å². The van der Waals surface area contributed by atoms with Crippen LogP contribution in [-0.2, 0) is 0 Å². The molecule has 3 N–H and O–H groups in total. The Kier molecular flexibility index (Phi) is 4.23. The number of aromatic carboxylic acids is 1. The van der Waals surface area contributed by atoms with Gasteiger partial charge >= 0.3 is 5.97 Å². The number of hydrogen-bond donors (Lipinski definition) is 3. The zero-order valence-electron chi connectivity index (χ0n) is 11.7. The highest BCUT2D eigenvalue weighted by Crippen LogP contribution is 2.37. The van der Waals surface area contributed by atoms with Gasteiger partial charge in [-0.25, -0.2) is 4.79 Å². The van der Waals surface area contributed by atoms with Gasteiger partial charge in [-0.05, 0) is 29.8 Å². The van der Waals surface area contributed by atoms with Gasteiger partial charge in [0, 0.05) is 11.8 Å². The average molecular weight is 348 g/mol. The van der Waals surface area contributed by atoms with Crippen molar-refractivity contribution in [2.24, 2.45) is 0 Å². The molecule has 0 atom stereocenters. The summed E-state index contributed by atoms with van der Waals surface area (Å²) in [6.45, 7) is 0. The number of H-pyrrole nitrogens is 1. The van der Waals surface area contributed by atoms with Gasteiger partial charge in [-0.3, -0.25) is 5.10 Å². The smallest absolute Gasteiger partial charge is 0.337 e. The normalized spacial score (nSPS) is 10.5. The van der Waals surface area contributed by atoms with E-state index in [4.69, 9.17) is 23.2 Å². The van der Waals surface area contributed by atoms with Gasteiger partial charge in [-0.1, -0.05) is 35.3 Å². The molecule has 1 heterocycles. The zero-order chi connectivity index (χ0) is 16.4. The molecule has 5 nitrogen and oxygen atoms in total. The summed E-state index contributed by atoms with van der Waals surface area (Å²) in [5.41, 5.74) is 2.67. The number of aromatic nitrogens is 2. The molecule has 2 aromatic carbocycles. The van der Waals surface area contributed by atoms with Crippen LogP contribution in [0.4, 0.5) is 11.4 Å². The molecule has 3 rings (SSSR count). The molecule has 0 amide bonds. The van der Waals surface area contributed by atoms with E-state index in [0.717, 1.165) is 11.1 Å². The summed E-state index contributed by atoms with van der Waals surface area (Å²) >= 11 is 12.6. The Hall–Kier alpha value is -2.50. The minimum atomic E-state index is -1.03. The van der Waals surface area contributed by atoms with Gasteiger partial charge in [-0.15, -0.1) is 0 Å². The predicted molar refractivity (Wildman–Crippen MR) is 90.7 cm³/mol. The summed E-state index contributed by atoms with van der Waals surface area (Å²) in [6.07, 6.45) is 3.39. The molecular weight excluding hydrogens is 337 g/mol. The van der Waals surface area contributed by atoms with Crippen LogP contribution in [0.25, 0.3) is 11.1 Å². The Bertz CT molecular complexity index is 841. The van der Waals surface area contributed by atoms with Crippen LogP contribution in [0, 0.1) is 0 Å². The standard InChI is InChI=1S/C16H11Cl2N3O2/c17-12-5-9(10-7-19-20-8-10)6-13(18)15(12)21-14-4-2-1-3-11(14)16(22)23/h1-8,21H,(H,19,20)(H,22,23). The number of carboxylic acid groups (broad SMARTS) is 1. The van der Waals surface area contributed by atoms with Crippen molar-refractivity contribution in [2.75, 3.05) is 5.32 Å². The van der Waals surface area contributed by atoms with Crippen LogP contribution in [0.15, 0.2) is 48.8 Å². The fourth-order valence-corrected chi connectivity index (χ4v) is 2.76. The molecule has 7 heteroatoms. The second kappa shape index (κ2) is 6.32. The van der Waals surface area contributed by atoms with Crippen LogP contribution in [0.5, 0.6) is 0 Å². The van der Waals surface area contributed by atoms with Crippen molar-refractivity contribution in [2.45, 2.75) is 0 Å². The molecule has 0 saturated heterocycles. The fraction of sp³-hybridized carbons (Fsp3) is 0. The molecule has 1 aromatic heterocycles. The number of nitrogens with one attached hydrogen (secondary N) is 2. The lowest BCUT2D eigenvalue weighted by Gasteiger charge is -2.14. The number of nitrogens with zero attached hydrogens (tertiary/aromatic N) is 1. The molecular formula is C16H11Cl2N3O2. The zero-order valence-corrected chi connectivity index (χ0v) is 13.2. The van der Waals surface area contributed by atoms with Crippen LogP contribution < -0.4 is 5.32 Å². The number of para-hydroxylation sites is 1. The molecule has 23 heavy (non-hydrogen) atoms. The fourth-order valence-electron chi connectivity index (χ4n) is 2.18. The summed E-state index contributed by atoms with van der Waals surface area (Å²) in [5.74, 6) is -1.03. The number of benzene rings is 2. The van der Waals surface area contributed by atoms with Gasteiger partial charge in [0.2, 0.25) is 0 Å². The third kappa shape index (κ3) is 3.16. The third-order valence-corrected chi connectivity index (χ3v) is 3.89. The molecule has 3 aromatic rings. The molecule has 0 saturated carbocycles. The summed E-state index contributed by atoms with van der Waals surface area (Å²) in [4.78, 5) is 11.3. The molecule has 0 unspecified atom stereocenters. The molecule has 0 radical (unpaired) electrons. The van der Waals surface area contributed by atoms with Crippen LogP contribution >= 0.6 is 23.2 Å². The lowest BCUT2D eigenvalue weighted by atomic mass is 10.1. The van der Waals surface area contributed by atoms with E-state index in [1.165, 1.54) is 6.07 Å². The highest BCUT2D eigenvalue weighted by atomic mass is 35.5. The monoisotopic (exact) mass is 347 g/mol. The second-order valence-corrected chi connectivity index (χ2v) is 5.59. The maximum Gasteiger partial charge on any atom is 0.337 e. The van der Waals surface area contributed by atoms with E-state index in [-0.39, 0.29) is 5.56 Å². The van der Waals surface area contributed by atoms with E-state index < -0.39 is 5.97 Å². The quantitative estimate of drug-likeness (QED) is 0.631. The number of rotatable bonds is 4. The van der Waals surface area contributed by atoms with Crippen molar-refractivity contribution in [3.63, 3.8) is 0 Å². The van der Waals surface area contributed by atoms with E-state index in [2.05, 4.69) is 15.5 Å². The van der Waals surface area contributed by atoms with E-state index in [1.807, 2.05) is 0 Å². The lowest BCUT2D eigenvalue weighted by Crippen LogP contribution is -2.03. The van der Waals surface area contributed by atoms with Gasteiger partial charge in [0.1, 0.15) is 0 Å². The molecule has 116 valence electrons. The highest BCUT2D eigenvalue weighted by Gasteiger charge is 2.14. The molecule has 0 aliphatic heterocycles. The van der Waals surface area contributed by atoms with E-state index in [9.17, 15) is 9.90 Å². The maximum absolute atomic E-state index is 11.3. The Labute approximate surface area is 141 Å². The Morgan fingerprint density at radius 2 is 1.83 bits per heavy atom. The van der Waals surface area contributed by atoms with Gasteiger partial charge in [-0.2, -0.15) is 5.10 Å². The van der Waals surface area contributed by atoms with E-state index >= 15 is 0 Å². The number of hydrogen-bond acceptors (Lipinski definition) is 3. The van der Waals surface area contributed by atoms with E-state index in [1.54, 1.807) is 42.7 Å². The van der Waals surface area contributed by atoms with Crippen molar-refractivity contribution in [1.82, 2.24) is 10.2 Å². The van der Waals surface area contributed by atoms with Crippen molar-refractivity contribution < 1.29 is 9.90 Å². The van der Waals surface area contributed by atoms with Crippen molar-refractivity contribution in [3.05, 3.63) is 64.4 Å². The first-order valence-corrected chi connectivity index (χ1v) is 7.39. The SMILES string of the molecule is O=C(O)c1ccccc1Nc1c(Cl)cc(-c2cn[nH]c2)cc1Cl. The van der Waals surface area contributed by atoms with E-state index in [0.29, 0.717) is 21.4 Å². The first kappa shape index (κ1) is 15.4. The first-order valence-electron chi connectivity index (χ1n) is 6.64. The minimum Gasteiger partial charge on any atom is -0.478 e. The third-order valence-electron chi connectivity index (χ3n) is 3.29. The molecule has 0 aliphatic rings. The molecule has 0 fully saturated rings. The number of carboxylic acids is 1. The number of anilines is 2. The summed E-state index contributed by atoms with van der Waals surface area (Å²) in [7, 11) is 0. The largest absolute Gasteiger partial charge is 0.478 e. The number of aromatic amines is 1. The van der Waals surface area contributed by atoms with Crippen LogP contribution in [0.1, 0.15) is 10.4 Å². The first-order chi connectivity index (χ1) is 11.1. The molecule has 0 spiro atoms. The van der Waals surface area contributed by atoms with Crippen molar-refractivity contribution in [3.8, 4) is 11.1 Å². The van der Waals surface area contributed by atoms with Crippen molar-refractivity contribution >= 4 is 40.5 Å². The second-order valence-electron chi connectivity index (χ2n) is 4.78. The van der Waals surface area contributed by atoms with Gasteiger partial charge in [0.05, 0.1) is 33.2 Å². The molecule has 0 aliphatic carbocycles. The molecule has 0 bridgehead atoms. The lowest BCUT2D eigenvalue weighted by molar-refractivity contribution is 0.0698. The topological polar surface area (TPSA) is 78.0 Å². The Morgan fingerprint density at radius 3 is 2.43 bits per heavy atom. The maximum atomic E-state index is 11.3. The van der Waals surface area contributed by atoms with Gasteiger partial charge < -0.3 is 10.4 Å². The number of halogens is 2. The predicted octanol–water partition coefficient (Wildman–Crippen LogP) is 4.83. The summed E-state index contributed by atoms with van der Waals surface area (Å²) in [6, 6.07) is 10.0. The minimum absolute atomic E-state index is 0.138. The van der Waals surface area contributed by atoms with Gasteiger partial charge in [0.15, 0.2) is 0 Å². The average Bonchev–Trinajstić information content (AvgIpc) is 3.05. The Balaban J connectivity index is 2.00. The summed E-state index contributed by atoms with van der Waals surface area (Å²) in [5, 5.41) is 19.6. The van der Waals surface area contributed by atoms with Crippen LogP contribution in [-0.4, -0.2) is 21.3 Å². The highest BCUT2D eigenvalue weighted by molar-refractivity contribution is 6.39.